The summed E-state index contributed by atoms with van der Waals surface area (Å²) < 4.78 is 48.1. The Balaban J connectivity index is 1.73. The van der Waals surface area contributed by atoms with Crippen LogP contribution in [0.1, 0.15) is 58.4 Å². The minimum Gasteiger partial charge on any atom is -0.442 e. The summed E-state index contributed by atoms with van der Waals surface area (Å²) in [7, 11) is -1.95. The third-order valence-electron chi connectivity index (χ3n) is 8.26. The maximum atomic E-state index is 14.8. The van der Waals surface area contributed by atoms with E-state index in [1.165, 1.54) is 12.1 Å². The molecular weight excluding hydrogens is 589 g/mol. The maximum absolute atomic E-state index is 14.8. The molecule has 2 aliphatic rings. The number of rotatable bonds is 16. The molecule has 5 atom stereocenters. The molecular formula is C32H46FN3O7S. The number of sulfonamides is 1. The molecule has 10 nitrogen and oxygen atoms in total. The summed E-state index contributed by atoms with van der Waals surface area (Å²) in [6.45, 7) is 8.10. The Hall–Kier alpha value is -2.93. The quantitative estimate of drug-likeness (QED) is 0.207. The lowest BCUT2D eigenvalue weighted by atomic mass is 9.86. The molecule has 0 spiro atoms. The number of aliphatic hydroxyl groups is 1. The van der Waals surface area contributed by atoms with Crippen molar-refractivity contribution in [1.29, 1.82) is 0 Å². The van der Waals surface area contributed by atoms with E-state index in [0.29, 0.717) is 43.4 Å². The van der Waals surface area contributed by atoms with E-state index < -0.39 is 45.0 Å². The van der Waals surface area contributed by atoms with Crippen molar-refractivity contribution in [2.75, 3.05) is 33.2 Å². The Morgan fingerprint density at radius 1 is 1.14 bits per heavy atom. The van der Waals surface area contributed by atoms with Crippen LogP contribution in [0.25, 0.3) is 6.08 Å². The Kier molecular flexibility index (Phi) is 13.2. The van der Waals surface area contributed by atoms with E-state index in [1.54, 1.807) is 24.0 Å². The van der Waals surface area contributed by atoms with Gasteiger partial charge >= 0.3 is 6.09 Å². The van der Waals surface area contributed by atoms with Gasteiger partial charge in [0.25, 0.3) is 0 Å². The minimum atomic E-state index is -3.94. The molecule has 0 bridgehead atoms. The van der Waals surface area contributed by atoms with Crippen LogP contribution < -0.4 is 4.72 Å². The van der Waals surface area contributed by atoms with E-state index in [0.717, 1.165) is 38.3 Å². The molecule has 1 aromatic carbocycles. The molecule has 44 heavy (non-hydrogen) atoms. The second-order valence-corrected chi connectivity index (χ2v) is 13.8. The minimum absolute atomic E-state index is 0.0394. The summed E-state index contributed by atoms with van der Waals surface area (Å²) in [5.41, 5.74) is 1.08. The lowest BCUT2D eigenvalue weighted by Gasteiger charge is -2.33. The first-order valence-electron chi connectivity index (χ1n) is 15.2. The average Bonchev–Trinajstić information content (AvgIpc) is 3.78. The lowest BCUT2D eigenvalue weighted by Crippen LogP contribution is -2.48. The third-order valence-corrected chi connectivity index (χ3v) is 9.82. The highest BCUT2D eigenvalue weighted by atomic mass is 32.2. The number of amides is 1. The largest absolute Gasteiger partial charge is 0.442 e. The van der Waals surface area contributed by atoms with Crippen molar-refractivity contribution >= 4 is 34.8 Å². The Morgan fingerprint density at radius 2 is 1.82 bits per heavy atom. The number of allylic oxidation sites excluding steroid dienone is 2. The molecule has 12 heteroatoms. The average molecular weight is 636 g/mol. The van der Waals surface area contributed by atoms with Crippen LogP contribution in [0, 0.1) is 23.6 Å². The standard InChI is InChI=1S/C32H46FN3O7S/c1-22(28(21-38)24(3)19-25-7-12-31(29(33)20-25)44(41,42)34-26-8-9-26)6-11-30(23(2)5-10-27(39)13-18-37)43-32(40)36-16-14-35(4)15-17-36/h6-7,11-12,18-23,26-28,30,34,39H,5,8-10,13-17H2,1-4H3/b11-6+,24-19+/t22-,23-,27+,28-,30-/m0/s1. The fraction of sp³-hybridized carbons (Fsp3) is 0.594. The lowest BCUT2D eigenvalue weighted by molar-refractivity contribution is -0.111. The van der Waals surface area contributed by atoms with Crippen molar-refractivity contribution in [2.24, 2.45) is 17.8 Å². The molecule has 0 radical (unpaired) electrons. The van der Waals surface area contributed by atoms with Crippen LogP contribution >= 0.6 is 0 Å². The molecule has 3 rings (SSSR count). The van der Waals surface area contributed by atoms with Gasteiger partial charge in [0.1, 0.15) is 29.4 Å². The summed E-state index contributed by atoms with van der Waals surface area (Å²) >= 11 is 0. The van der Waals surface area contributed by atoms with Crippen molar-refractivity contribution in [2.45, 2.75) is 76.0 Å². The molecule has 2 fully saturated rings. The van der Waals surface area contributed by atoms with Gasteiger partial charge < -0.3 is 29.2 Å². The Labute approximate surface area is 260 Å². The topological polar surface area (TPSA) is 133 Å². The fourth-order valence-electron chi connectivity index (χ4n) is 5.09. The van der Waals surface area contributed by atoms with E-state index in [-0.39, 0.29) is 24.3 Å². The van der Waals surface area contributed by atoms with Crippen molar-refractivity contribution in [3.63, 3.8) is 0 Å². The van der Waals surface area contributed by atoms with Crippen LogP contribution in [0.5, 0.6) is 0 Å². The van der Waals surface area contributed by atoms with Gasteiger partial charge in [-0.05, 0) is 75.3 Å². The van der Waals surface area contributed by atoms with Crippen LogP contribution in [0.4, 0.5) is 9.18 Å². The zero-order valence-electron chi connectivity index (χ0n) is 26.0. The number of ether oxygens (including phenoxy) is 1. The van der Waals surface area contributed by atoms with Gasteiger partial charge in [0, 0.05) is 44.6 Å². The number of nitrogens with zero attached hydrogens (tertiary/aromatic N) is 2. The molecule has 1 aliphatic heterocycles. The number of halogens is 1. The van der Waals surface area contributed by atoms with E-state index in [9.17, 15) is 32.3 Å². The summed E-state index contributed by atoms with van der Waals surface area (Å²) in [5.74, 6) is -1.93. The van der Waals surface area contributed by atoms with Gasteiger partial charge in [0.15, 0.2) is 0 Å². The number of hydrogen-bond acceptors (Lipinski definition) is 8. The number of carbonyl (C=O) groups is 3. The van der Waals surface area contributed by atoms with E-state index in [1.807, 2.05) is 27.0 Å². The monoisotopic (exact) mass is 635 g/mol. The molecule has 1 amide bonds. The van der Waals surface area contributed by atoms with Crippen LogP contribution in [0.2, 0.25) is 0 Å². The highest BCUT2D eigenvalue weighted by Gasteiger charge is 2.30. The number of carbonyl (C=O) groups excluding carboxylic acids is 3. The molecule has 1 saturated heterocycles. The fourth-order valence-corrected chi connectivity index (χ4v) is 6.46. The van der Waals surface area contributed by atoms with E-state index in [4.69, 9.17) is 4.74 Å². The van der Waals surface area contributed by atoms with E-state index in [2.05, 4.69) is 9.62 Å². The number of piperazine rings is 1. The van der Waals surface area contributed by atoms with Crippen molar-refractivity contribution in [3.8, 4) is 0 Å². The zero-order valence-corrected chi connectivity index (χ0v) is 26.8. The van der Waals surface area contributed by atoms with Gasteiger partial charge in [0.2, 0.25) is 10.0 Å². The van der Waals surface area contributed by atoms with Gasteiger partial charge in [-0.25, -0.2) is 22.3 Å². The second kappa shape index (κ2) is 16.4. The number of hydrogen-bond donors (Lipinski definition) is 2. The summed E-state index contributed by atoms with van der Waals surface area (Å²) in [5, 5.41) is 10.0. The van der Waals surface area contributed by atoms with E-state index >= 15 is 0 Å². The summed E-state index contributed by atoms with van der Waals surface area (Å²) in [6.07, 6.45) is 7.30. The van der Waals surface area contributed by atoms with Crippen LogP contribution in [0.3, 0.4) is 0 Å². The first-order chi connectivity index (χ1) is 20.8. The van der Waals surface area contributed by atoms with Crippen molar-refractivity contribution in [3.05, 3.63) is 47.3 Å². The zero-order chi connectivity index (χ0) is 32.4. The third kappa shape index (κ3) is 10.6. The van der Waals surface area contributed by atoms with Gasteiger partial charge in [-0.3, -0.25) is 0 Å². The summed E-state index contributed by atoms with van der Waals surface area (Å²) in [4.78, 5) is 39.3. The first kappa shape index (κ1) is 35.5. The SMILES string of the molecule is C/C(=C\c1ccc(S(=O)(=O)NC2CC2)c(F)c1)[C@@H](C=O)[C@@H](C)/C=C/[C@H](OC(=O)N1CCN(C)CC1)[C@@H](C)CC[C@@H](O)CC=O. The normalized spacial score (nSPS) is 20.1. The molecule has 1 saturated carbocycles. The van der Waals surface area contributed by atoms with Gasteiger partial charge in [0.05, 0.1) is 6.10 Å². The molecule has 1 heterocycles. The molecule has 244 valence electrons. The number of benzene rings is 1. The van der Waals surface area contributed by atoms with Gasteiger partial charge in [-0.1, -0.05) is 37.6 Å². The second-order valence-electron chi connectivity index (χ2n) is 12.1. The van der Waals surface area contributed by atoms with Crippen LogP contribution in [-0.2, 0) is 24.3 Å². The highest BCUT2D eigenvalue weighted by molar-refractivity contribution is 7.89. The number of nitrogens with one attached hydrogen (secondary N) is 1. The van der Waals surface area contributed by atoms with Crippen LogP contribution in [-0.4, -0.2) is 93.5 Å². The Morgan fingerprint density at radius 3 is 2.41 bits per heavy atom. The Bertz CT molecular complexity index is 1310. The maximum Gasteiger partial charge on any atom is 0.410 e. The smallest absolute Gasteiger partial charge is 0.410 e. The molecule has 0 unspecified atom stereocenters. The van der Waals surface area contributed by atoms with Crippen LogP contribution in [0.15, 0.2) is 40.8 Å². The predicted molar refractivity (Wildman–Crippen MR) is 166 cm³/mol. The van der Waals surface area contributed by atoms with Gasteiger partial charge in [-0.2, -0.15) is 0 Å². The molecule has 1 aromatic rings. The number of likely N-dealkylation sites (N-methyl/N-ethyl adjacent to an activating group) is 1. The molecule has 0 aromatic heterocycles. The molecule has 1 aliphatic carbocycles. The van der Waals surface area contributed by atoms with Gasteiger partial charge in [-0.15, -0.1) is 0 Å². The molecule has 2 N–H and O–H groups in total. The first-order valence-corrected chi connectivity index (χ1v) is 16.7. The number of aliphatic hydroxyl groups excluding tert-OH is 1. The summed E-state index contributed by atoms with van der Waals surface area (Å²) in [6, 6.07) is 3.73. The van der Waals surface area contributed by atoms with Crippen molar-refractivity contribution < 1.29 is 37.0 Å². The van der Waals surface area contributed by atoms with Crippen molar-refractivity contribution in [1.82, 2.24) is 14.5 Å². The highest BCUT2D eigenvalue weighted by Crippen LogP contribution is 2.27. The predicted octanol–water partition coefficient (Wildman–Crippen LogP) is 3.80. The number of aldehydes is 2.